The number of likely N-dealkylation sites (N-methyl/N-ethyl adjacent to an activating group) is 1. The number of hydrogen-bond acceptors (Lipinski definition) is 3. The van der Waals surface area contributed by atoms with Crippen LogP contribution in [0.5, 0.6) is 0 Å². The molecule has 1 amide bonds. The number of rotatable bonds is 6. The lowest BCUT2D eigenvalue weighted by atomic mass is 10.2. The Morgan fingerprint density at radius 1 is 1.58 bits per heavy atom. The highest BCUT2D eigenvalue weighted by atomic mass is 35.5. The number of nitrogens with zero attached hydrogens (tertiary/aromatic N) is 3. The number of halogens is 1. The maximum absolute atomic E-state index is 12.0. The van der Waals surface area contributed by atoms with Crippen molar-refractivity contribution in [3.8, 4) is 0 Å². The van der Waals surface area contributed by atoms with Crippen molar-refractivity contribution in [2.75, 3.05) is 19.7 Å². The normalized spacial score (nSPS) is 11.2. The largest absolute Gasteiger partial charge is 0.396 e. The van der Waals surface area contributed by atoms with Crippen LogP contribution in [-0.4, -0.2) is 45.4 Å². The highest BCUT2D eigenvalue weighted by Gasteiger charge is 2.11. The molecule has 1 rings (SSSR count). The summed E-state index contributed by atoms with van der Waals surface area (Å²) in [6.07, 6.45) is 3.77. The summed E-state index contributed by atoms with van der Waals surface area (Å²) in [6.45, 7) is 5.00. The van der Waals surface area contributed by atoms with E-state index in [-0.39, 0.29) is 12.5 Å². The molecular formula is C13H20ClN3O2. The number of aromatic nitrogens is 2. The first kappa shape index (κ1) is 15.7. The SMILES string of the molecule is CCN(CCCO)C(=O)/C=C/c1c(C)nn(C)c1Cl. The van der Waals surface area contributed by atoms with Gasteiger partial charge in [-0.05, 0) is 26.3 Å². The Morgan fingerprint density at radius 3 is 2.74 bits per heavy atom. The maximum Gasteiger partial charge on any atom is 0.246 e. The molecule has 5 nitrogen and oxygen atoms in total. The molecule has 1 aromatic heterocycles. The number of amides is 1. The van der Waals surface area contributed by atoms with Gasteiger partial charge < -0.3 is 10.0 Å². The average molecular weight is 286 g/mol. The van der Waals surface area contributed by atoms with Crippen molar-refractivity contribution >= 4 is 23.6 Å². The number of aliphatic hydroxyl groups is 1. The standard InChI is InChI=1S/C13H20ClN3O2/c1-4-17(8-5-9-18)12(19)7-6-11-10(2)15-16(3)13(11)14/h6-7,18H,4-5,8-9H2,1-3H3/b7-6+. The van der Waals surface area contributed by atoms with Gasteiger partial charge in [0.2, 0.25) is 5.91 Å². The van der Waals surface area contributed by atoms with E-state index in [9.17, 15) is 4.79 Å². The fraction of sp³-hybridized carbons (Fsp3) is 0.538. The molecule has 1 heterocycles. The van der Waals surface area contributed by atoms with E-state index in [1.807, 2.05) is 13.8 Å². The molecule has 6 heteroatoms. The van der Waals surface area contributed by atoms with Gasteiger partial charge in [0.05, 0.1) is 5.69 Å². The second-order valence-electron chi connectivity index (χ2n) is 4.24. The van der Waals surface area contributed by atoms with Crippen LogP contribution >= 0.6 is 11.6 Å². The van der Waals surface area contributed by atoms with E-state index in [2.05, 4.69) is 5.10 Å². The number of carbonyl (C=O) groups excluding carboxylic acids is 1. The lowest BCUT2D eigenvalue weighted by Gasteiger charge is -2.18. The maximum atomic E-state index is 12.0. The fourth-order valence-corrected chi connectivity index (χ4v) is 2.02. The average Bonchev–Trinajstić information content (AvgIpc) is 2.62. The van der Waals surface area contributed by atoms with Crippen molar-refractivity contribution in [1.82, 2.24) is 14.7 Å². The van der Waals surface area contributed by atoms with Crippen molar-refractivity contribution in [3.05, 3.63) is 22.5 Å². The molecule has 0 aliphatic heterocycles. The molecule has 0 saturated carbocycles. The molecule has 0 aromatic carbocycles. The van der Waals surface area contributed by atoms with Crippen molar-refractivity contribution in [3.63, 3.8) is 0 Å². The van der Waals surface area contributed by atoms with Gasteiger partial charge in [-0.25, -0.2) is 0 Å². The number of carbonyl (C=O) groups is 1. The van der Waals surface area contributed by atoms with Gasteiger partial charge in [-0.2, -0.15) is 5.10 Å². The summed E-state index contributed by atoms with van der Waals surface area (Å²) in [7, 11) is 1.76. The molecule has 1 aromatic rings. The van der Waals surface area contributed by atoms with Gasteiger partial charge >= 0.3 is 0 Å². The Balaban J connectivity index is 2.77. The van der Waals surface area contributed by atoms with Crippen molar-refractivity contribution in [2.24, 2.45) is 7.05 Å². The van der Waals surface area contributed by atoms with Gasteiger partial charge in [0.1, 0.15) is 5.15 Å². The molecule has 0 radical (unpaired) electrons. The Labute approximate surface area is 118 Å². The Hall–Kier alpha value is -1.33. The summed E-state index contributed by atoms with van der Waals surface area (Å²) < 4.78 is 1.57. The topological polar surface area (TPSA) is 58.4 Å². The predicted octanol–water partition coefficient (Wildman–Crippen LogP) is 1.63. The van der Waals surface area contributed by atoms with Crippen LogP contribution in [0.25, 0.3) is 6.08 Å². The Bertz CT molecular complexity index is 469. The van der Waals surface area contributed by atoms with Gasteiger partial charge in [0.25, 0.3) is 0 Å². The zero-order chi connectivity index (χ0) is 14.4. The lowest BCUT2D eigenvalue weighted by molar-refractivity contribution is -0.125. The van der Waals surface area contributed by atoms with Gasteiger partial charge in [-0.15, -0.1) is 0 Å². The lowest BCUT2D eigenvalue weighted by Crippen LogP contribution is -2.30. The summed E-state index contributed by atoms with van der Waals surface area (Å²) in [5.41, 5.74) is 1.55. The molecule has 106 valence electrons. The van der Waals surface area contributed by atoms with Gasteiger partial charge in [0, 0.05) is 38.4 Å². The van der Waals surface area contributed by atoms with Crippen LogP contribution in [0.4, 0.5) is 0 Å². The molecule has 0 fully saturated rings. The molecule has 0 atom stereocenters. The predicted molar refractivity (Wildman–Crippen MR) is 75.9 cm³/mol. The van der Waals surface area contributed by atoms with E-state index in [0.717, 1.165) is 11.3 Å². The van der Waals surface area contributed by atoms with Crippen LogP contribution < -0.4 is 0 Å². The minimum atomic E-state index is -0.0877. The van der Waals surface area contributed by atoms with Gasteiger partial charge in [0.15, 0.2) is 0 Å². The second-order valence-corrected chi connectivity index (χ2v) is 4.60. The van der Waals surface area contributed by atoms with Crippen LogP contribution in [0.2, 0.25) is 5.15 Å². The summed E-state index contributed by atoms with van der Waals surface area (Å²) in [4.78, 5) is 13.6. The Morgan fingerprint density at radius 2 is 2.26 bits per heavy atom. The first-order chi connectivity index (χ1) is 9.01. The van der Waals surface area contributed by atoms with Gasteiger partial charge in [-0.3, -0.25) is 9.48 Å². The summed E-state index contributed by atoms with van der Waals surface area (Å²) in [5.74, 6) is -0.0877. The van der Waals surface area contributed by atoms with E-state index in [1.54, 1.807) is 22.7 Å². The number of hydrogen-bond donors (Lipinski definition) is 1. The minimum Gasteiger partial charge on any atom is -0.396 e. The van der Waals surface area contributed by atoms with E-state index < -0.39 is 0 Å². The summed E-state index contributed by atoms with van der Waals surface area (Å²) >= 11 is 6.09. The van der Waals surface area contributed by atoms with Crippen LogP contribution in [0.3, 0.4) is 0 Å². The van der Waals surface area contributed by atoms with E-state index >= 15 is 0 Å². The summed E-state index contributed by atoms with van der Waals surface area (Å²) in [6, 6.07) is 0. The quantitative estimate of drug-likeness (QED) is 0.808. The molecule has 0 aliphatic rings. The van der Waals surface area contributed by atoms with Crippen LogP contribution in [0.1, 0.15) is 24.6 Å². The fourth-order valence-electron chi connectivity index (χ4n) is 1.78. The van der Waals surface area contributed by atoms with Gasteiger partial charge in [-0.1, -0.05) is 11.6 Å². The third-order valence-electron chi connectivity index (χ3n) is 2.87. The first-order valence-electron chi connectivity index (χ1n) is 6.28. The molecule has 1 N–H and O–H groups in total. The smallest absolute Gasteiger partial charge is 0.246 e. The zero-order valence-electron chi connectivity index (χ0n) is 11.6. The van der Waals surface area contributed by atoms with Crippen LogP contribution in [0.15, 0.2) is 6.08 Å². The number of aliphatic hydroxyl groups excluding tert-OH is 1. The number of aryl methyl sites for hydroxylation is 2. The molecule has 0 unspecified atom stereocenters. The van der Waals surface area contributed by atoms with E-state index in [1.165, 1.54) is 6.08 Å². The summed E-state index contributed by atoms with van der Waals surface area (Å²) in [5, 5.41) is 13.5. The van der Waals surface area contributed by atoms with Crippen molar-refractivity contribution in [1.29, 1.82) is 0 Å². The third-order valence-corrected chi connectivity index (χ3v) is 3.32. The molecular weight excluding hydrogens is 266 g/mol. The van der Waals surface area contributed by atoms with Crippen molar-refractivity contribution in [2.45, 2.75) is 20.3 Å². The molecule has 0 bridgehead atoms. The minimum absolute atomic E-state index is 0.0844. The Kier molecular flexibility index (Phi) is 6.05. The highest BCUT2D eigenvalue weighted by molar-refractivity contribution is 6.31. The monoisotopic (exact) mass is 285 g/mol. The van der Waals surface area contributed by atoms with Crippen LogP contribution in [0, 0.1) is 6.92 Å². The third kappa shape index (κ3) is 4.08. The van der Waals surface area contributed by atoms with E-state index in [4.69, 9.17) is 16.7 Å². The molecule has 0 aliphatic carbocycles. The molecule has 0 spiro atoms. The molecule has 0 saturated heterocycles. The van der Waals surface area contributed by atoms with E-state index in [0.29, 0.717) is 24.7 Å². The zero-order valence-corrected chi connectivity index (χ0v) is 12.3. The first-order valence-corrected chi connectivity index (χ1v) is 6.66. The van der Waals surface area contributed by atoms with Crippen molar-refractivity contribution < 1.29 is 9.90 Å². The highest BCUT2D eigenvalue weighted by Crippen LogP contribution is 2.20. The molecule has 19 heavy (non-hydrogen) atoms. The van der Waals surface area contributed by atoms with Crippen LogP contribution in [-0.2, 0) is 11.8 Å². The second kappa shape index (κ2) is 7.31.